The van der Waals surface area contributed by atoms with Gasteiger partial charge in [0.1, 0.15) is 5.82 Å². The molecule has 11 rings (SSSR count). The van der Waals surface area contributed by atoms with Crippen LogP contribution in [0.3, 0.4) is 0 Å². The highest BCUT2D eigenvalue weighted by atomic mass is 15.1. The fourth-order valence-corrected chi connectivity index (χ4v) is 8.20. The molecule has 252 valence electrons. The molecule has 3 aromatic heterocycles. The summed E-state index contributed by atoms with van der Waals surface area (Å²) < 4.78 is 4.67. The first-order chi connectivity index (χ1) is 26.8. The number of aromatic nitrogens is 4. The molecule has 0 aliphatic rings. The molecule has 0 fully saturated rings. The van der Waals surface area contributed by atoms with E-state index < -0.39 is 0 Å². The quantitative estimate of drug-likeness (QED) is 0.169. The molecule has 0 spiro atoms. The van der Waals surface area contributed by atoms with Gasteiger partial charge in [-0.05, 0) is 77.2 Å². The standard InChI is InChI=1S/C50H32N4/c1-3-14-34(15-4-1)49-43-32-48-42(31-41(43)39-20-7-9-22-44(39)51-49)40-21-8-11-24-46(40)53(48)38-19-13-18-36(30-38)33-26-28-37(29-27-33)54-47-25-12-10-23-45(47)52-50(54)35-16-5-2-6-17-35/h1-32H. The summed E-state index contributed by atoms with van der Waals surface area (Å²) in [6.07, 6.45) is 0. The van der Waals surface area contributed by atoms with E-state index in [0.717, 1.165) is 78.0 Å². The first-order valence-corrected chi connectivity index (χ1v) is 18.3. The Labute approximate surface area is 311 Å². The summed E-state index contributed by atoms with van der Waals surface area (Å²) in [7, 11) is 0. The van der Waals surface area contributed by atoms with E-state index in [4.69, 9.17) is 9.97 Å². The maximum absolute atomic E-state index is 5.24. The van der Waals surface area contributed by atoms with Crippen molar-refractivity contribution >= 4 is 54.5 Å². The first-order valence-electron chi connectivity index (χ1n) is 18.3. The Hall–Kier alpha value is -7.30. The van der Waals surface area contributed by atoms with Crippen molar-refractivity contribution in [2.45, 2.75) is 0 Å². The van der Waals surface area contributed by atoms with Crippen LogP contribution in [0.15, 0.2) is 194 Å². The maximum Gasteiger partial charge on any atom is 0.145 e. The van der Waals surface area contributed by atoms with Crippen molar-refractivity contribution in [1.29, 1.82) is 0 Å². The highest BCUT2D eigenvalue weighted by molar-refractivity contribution is 6.20. The second kappa shape index (κ2) is 12.1. The molecule has 11 aromatic rings. The van der Waals surface area contributed by atoms with Crippen molar-refractivity contribution in [1.82, 2.24) is 19.1 Å². The lowest BCUT2D eigenvalue weighted by atomic mass is 9.98. The number of hydrogen-bond acceptors (Lipinski definition) is 2. The zero-order valence-electron chi connectivity index (χ0n) is 29.3. The van der Waals surface area contributed by atoms with E-state index in [2.05, 4.69) is 191 Å². The van der Waals surface area contributed by atoms with Gasteiger partial charge in [0.25, 0.3) is 0 Å². The molecule has 0 N–H and O–H groups in total. The Morgan fingerprint density at radius 3 is 1.74 bits per heavy atom. The Kier molecular flexibility index (Phi) is 6.82. The van der Waals surface area contributed by atoms with Crippen molar-refractivity contribution in [2.24, 2.45) is 0 Å². The summed E-state index contributed by atoms with van der Waals surface area (Å²) in [5.74, 6) is 0.934. The Balaban J connectivity index is 1.08. The molecular formula is C50H32N4. The van der Waals surface area contributed by atoms with Crippen molar-refractivity contribution in [3.63, 3.8) is 0 Å². The van der Waals surface area contributed by atoms with Crippen LogP contribution in [0.5, 0.6) is 0 Å². The minimum atomic E-state index is 0.934. The Morgan fingerprint density at radius 1 is 0.296 bits per heavy atom. The average Bonchev–Trinajstić information content (AvgIpc) is 3.79. The van der Waals surface area contributed by atoms with Crippen molar-refractivity contribution in [3.05, 3.63) is 194 Å². The summed E-state index contributed by atoms with van der Waals surface area (Å²) in [6, 6.07) is 69.0. The molecule has 0 atom stereocenters. The number of hydrogen-bond donors (Lipinski definition) is 0. The molecule has 0 radical (unpaired) electrons. The Bertz CT molecular complexity index is 3190. The SMILES string of the molecule is c1ccc(-c2nc3ccccc3c3cc4c5ccccc5n(-c5cccc(-c6ccc(-n7c(-c8ccccc8)nc8ccccc87)cc6)c5)c4cc23)cc1. The summed E-state index contributed by atoms with van der Waals surface area (Å²) in [5, 5.41) is 5.98. The van der Waals surface area contributed by atoms with Gasteiger partial charge in [0.05, 0.1) is 33.3 Å². The molecule has 0 saturated carbocycles. The zero-order valence-corrected chi connectivity index (χ0v) is 29.3. The summed E-state index contributed by atoms with van der Waals surface area (Å²) in [5.41, 5.74) is 13.1. The molecule has 0 saturated heterocycles. The van der Waals surface area contributed by atoms with Crippen LogP contribution >= 0.6 is 0 Å². The predicted molar refractivity (Wildman–Crippen MR) is 225 cm³/mol. The third-order valence-corrected chi connectivity index (χ3v) is 10.7. The van der Waals surface area contributed by atoms with E-state index in [1.165, 1.54) is 21.7 Å². The minimum absolute atomic E-state index is 0.934. The topological polar surface area (TPSA) is 35.6 Å². The lowest BCUT2D eigenvalue weighted by Gasteiger charge is -2.14. The van der Waals surface area contributed by atoms with Gasteiger partial charge in [0.2, 0.25) is 0 Å². The Morgan fingerprint density at radius 2 is 0.944 bits per heavy atom. The molecule has 0 amide bonds. The number of para-hydroxylation sites is 4. The fourth-order valence-electron chi connectivity index (χ4n) is 8.20. The van der Waals surface area contributed by atoms with Gasteiger partial charge >= 0.3 is 0 Å². The molecule has 54 heavy (non-hydrogen) atoms. The third-order valence-electron chi connectivity index (χ3n) is 10.7. The average molecular weight is 689 g/mol. The van der Waals surface area contributed by atoms with Crippen LogP contribution in [0.1, 0.15) is 0 Å². The second-order valence-corrected chi connectivity index (χ2v) is 13.8. The molecule has 0 bridgehead atoms. The number of rotatable bonds is 5. The first kappa shape index (κ1) is 30.3. The van der Waals surface area contributed by atoms with Gasteiger partial charge < -0.3 is 4.57 Å². The van der Waals surface area contributed by atoms with Gasteiger partial charge in [-0.1, -0.05) is 133 Å². The van der Waals surface area contributed by atoms with Crippen LogP contribution in [-0.4, -0.2) is 19.1 Å². The third kappa shape index (κ3) is 4.78. The van der Waals surface area contributed by atoms with Gasteiger partial charge in [-0.2, -0.15) is 0 Å². The molecule has 3 heterocycles. The molecule has 0 aliphatic heterocycles. The highest BCUT2D eigenvalue weighted by Gasteiger charge is 2.18. The van der Waals surface area contributed by atoms with E-state index in [1.807, 2.05) is 12.1 Å². The van der Waals surface area contributed by atoms with Crippen LogP contribution < -0.4 is 0 Å². The van der Waals surface area contributed by atoms with E-state index in [9.17, 15) is 0 Å². The summed E-state index contributed by atoms with van der Waals surface area (Å²) >= 11 is 0. The zero-order chi connectivity index (χ0) is 35.6. The van der Waals surface area contributed by atoms with Crippen LogP contribution in [0.2, 0.25) is 0 Å². The van der Waals surface area contributed by atoms with Gasteiger partial charge in [-0.3, -0.25) is 4.57 Å². The van der Waals surface area contributed by atoms with Crippen molar-refractivity contribution < 1.29 is 0 Å². The van der Waals surface area contributed by atoms with E-state index in [-0.39, 0.29) is 0 Å². The summed E-state index contributed by atoms with van der Waals surface area (Å²) in [4.78, 5) is 10.3. The van der Waals surface area contributed by atoms with Gasteiger partial charge in [-0.15, -0.1) is 0 Å². The van der Waals surface area contributed by atoms with Gasteiger partial charge in [0, 0.05) is 44.0 Å². The maximum atomic E-state index is 5.24. The second-order valence-electron chi connectivity index (χ2n) is 13.8. The largest absolute Gasteiger partial charge is 0.309 e. The van der Waals surface area contributed by atoms with E-state index in [1.54, 1.807) is 0 Å². The number of fused-ring (bicyclic) bond motifs is 7. The highest BCUT2D eigenvalue weighted by Crippen LogP contribution is 2.40. The monoisotopic (exact) mass is 688 g/mol. The number of nitrogens with zero attached hydrogens (tertiary/aromatic N) is 4. The molecule has 0 unspecified atom stereocenters. The number of benzene rings is 8. The van der Waals surface area contributed by atoms with Crippen molar-refractivity contribution in [2.75, 3.05) is 0 Å². The lowest BCUT2D eigenvalue weighted by molar-refractivity contribution is 1.10. The van der Waals surface area contributed by atoms with Crippen LogP contribution in [-0.2, 0) is 0 Å². The van der Waals surface area contributed by atoms with E-state index in [0.29, 0.717) is 0 Å². The van der Waals surface area contributed by atoms with Crippen LogP contribution in [0.25, 0.3) is 99.7 Å². The number of imidazole rings is 1. The predicted octanol–water partition coefficient (Wildman–Crippen LogP) is 12.8. The lowest BCUT2D eigenvalue weighted by Crippen LogP contribution is -1.98. The smallest absolute Gasteiger partial charge is 0.145 e. The van der Waals surface area contributed by atoms with E-state index >= 15 is 0 Å². The molecule has 0 aliphatic carbocycles. The molecular weight excluding hydrogens is 657 g/mol. The number of pyridine rings is 1. The van der Waals surface area contributed by atoms with Gasteiger partial charge in [-0.25, -0.2) is 9.97 Å². The fraction of sp³-hybridized carbons (Fsp3) is 0. The van der Waals surface area contributed by atoms with Gasteiger partial charge in [0.15, 0.2) is 0 Å². The molecule has 4 nitrogen and oxygen atoms in total. The van der Waals surface area contributed by atoms with Crippen molar-refractivity contribution in [3.8, 4) is 45.1 Å². The van der Waals surface area contributed by atoms with Crippen LogP contribution in [0.4, 0.5) is 0 Å². The normalized spacial score (nSPS) is 11.7. The minimum Gasteiger partial charge on any atom is -0.309 e. The summed E-state index contributed by atoms with van der Waals surface area (Å²) in [6.45, 7) is 0. The molecule has 8 aromatic carbocycles. The van der Waals surface area contributed by atoms with Crippen LogP contribution in [0, 0.1) is 0 Å². The molecule has 4 heteroatoms.